The van der Waals surface area contributed by atoms with Crippen LogP contribution in [0.2, 0.25) is 10.0 Å². The number of methoxy groups -OCH3 is 1. The Kier molecular flexibility index (Phi) is 5.76. The van der Waals surface area contributed by atoms with Crippen LogP contribution >= 0.6 is 23.2 Å². The third-order valence-corrected chi connectivity index (χ3v) is 6.09. The van der Waals surface area contributed by atoms with Gasteiger partial charge < -0.3 is 9.64 Å². The van der Waals surface area contributed by atoms with Gasteiger partial charge in [0.1, 0.15) is 11.4 Å². The highest BCUT2D eigenvalue weighted by molar-refractivity contribution is 6.47. The van der Waals surface area contributed by atoms with Crippen LogP contribution in [-0.4, -0.2) is 36.9 Å². The number of rotatable bonds is 4. The van der Waals surface area contributed by atoms with Crippen molar-refractivity contribution in [1.82, 2.24) is 4.90 Å². The Bertz CT molecular complexity index is 1050. The molecule has 0 bridgehead atoms. The van der Waals surface area contributed by atoms with Crippen molar-refractivity contribution in [3.8, 4) is 5.75 Å². The lowest BCUT2D eigenvalue weighted by Gasteiger charge is -2.33. The third-order valence-electron chi connectivity index (χ3n) is 5.54. The largest absolute Gasteiger partial charge is 0.497 e. The van der Waals surface area contributed by atoms with Crippen molar-refractivity contribution in [2.75, 3.05) is 25.1 Å². The van der Waals surface area contributed by atoms with E-state index in [0.29, 0.717) is 44.2 Å². The number of hydrogen-bond acceptors (Lipinski definition) is 4. The number of likely N-dealkylation sites (tertiary alicyclic amines) is 1. The molecule has 1 unspecified atom stereocenters. The lowest BCUT2D eigenvalue weighted by Crippen LogP contribution is -2.39. The van der Waals surface area contributed by atoms with Crippen LogP contribution in [0.3, 0.4) is 0 Å². The molecule has 0 aliphatic carbocycles. The van der Waals surface area contributed by atoms with Gasteiger partial charge in [-0.2, -0.15) is 0 Å². The molecule has 2 aromatic carbocycles. The second kappa shape index (κ2) is 8.32. The highest BCUT2D eigenvalue weighted by Gasteiger charge is 2.43. The van der Waals surface area contributed by atoms with Crippen molar-refractivity contribution in [3.05, 3.63) is 63.8 Å². The summed E-state index contributed by atoms with van der Waals surface area (Å²) in [7, 11) is 1.55. The molecule has 2 heterocycles. The van der Waals surface area contributed by atoms with Gasteiger partial charge in [-0.05, 0) is 43.0 Å². The number of hydrogen-bond donors (Lipinski definition) is 0. The van der Waals surface area contributed by atoms with Gasteiger partial charge in [0.25, 0.3) is 11.8 Å². The molecule has 1 saturated heterocycles. The van der Waals surface area contributed by atoms with E-state index >= 15 is 0 Å². The normalized spacial score (nSPS) is 19.7. The minimum Gasteiger partial charge on any atom is -0.497 e. The van der Waals surface area contributed by atoms with Crippen molar-refractivity contribution in [3.63, 3.8) is 0 Å². The predicted molar refractivity (Wildman–Crippen MR) is 119 cm³/mol. The number of ether oxygens (including phenoxy) is 1. The van der Waals surface area contributed by atoms with E-state index in [1.54, 1.807) is 49.6 Å². The Balaban J connectivity index is 1.86. The maximum atomic E-state index is 13.6. The number of imide groups is 1. The van der Waals surface area contributed by atoms with Gasteiger partial charge in [0.15, 0.2) is 0 Å². The molecular weight excluding hydrogens is 423 g/mol. The number of anilines is 1. The monoisotopic (exact) mass is 444 g/mol. The minimum atomic E-state index is -0.397. The average molecular weight is 445 g/mol. The standard InChI is InChI=1S/C23H22Cl2N2O3/c1-14-5-4-10-26(13-14)21-20(18-9-8-15(24)11-19(18)25)22(28)27(23(21)29)16-6-3-7-17(12-16)30-2/h3,6-9,11-12,14H,4-5,10,13H2,1-2H3. The van der Waals surface area contributed by atoms with Gasteiger partial charge in [-0.25, -0.2) is 4.90 Å². The maximum absolute atomic E-state index is 13.6. The minimum absolute atomic E-state index is 0.318. The summed E-state index contributed by atoms with van der Waals surface area (Å²) >= 11 is 12.5. The van der Waals surface area contributed by atoms with Crippen molar-refractivity contribution in [2.45, 2.75) is 19.8 Å². The van der Waals surface area contributed by atoms with Crippen LogP contribution in [0.25, 0.3) is 5.57 Å². The summed E-state index contributed by atoms with van der Waals surface area (Å²) in [6, 6.07) is 11.9. The van der Waals surface area contributed by atoms with Gasteiger partial charge in [0.2, 0.25) is 0 Å². The summed E-state index contributed by atoms with van der Waals surface area (Å²) in [4.78, 5) is 30.4. The van der Waals surface area contributed by atoms with Crippen molar-refractivity contribution in [2.24, 2.45) is 5.92 Å². The van der Waals surface area contributed by atoms with Crippen LogP contribution in [0.5, 0.6) is 5.75 Å². The molecule has 5 nitrogen and oxygen atoms in total. The molecule has 1 atom stereocenters. The fraction of sp³-hybridized carbons (Fsp3) is 0.304. The van der Waals surface area contributed by atoms with Crippen LogP contribution in [0.1, 0.15) is 25.3 Å². The molecule has 2 amide bonds. The highest BCUT2D eigenvalue weighted by Crippen LogP contribution is 2.39. The Labute approximate surface area is 185 Å². The summed E-state index contributed by atoms with van der Waals surface area (Å²) in [5.41, 5.74) is 1.70. The average Bonchev–Trinajstić information content (AvgIpc) is 2.98. The van der Waals surface area contributed by atoms with E-state index in [1.807, 2.05) is 4.90 Å². The smallest absolute Gasteiger partial charge is 0.282 e. The second-order valence-corrected chi connectivity index (χ2v) is 8.53. The van der Waals surface area contributed by atoms with E-state index < -0.39 is 5.91 Å². The topological polar surface area (TPSA) is 49.9 Å². The van der Waals surface area contributed by atoms with Gasteiger partial charge in [-0.1, -0.05) is 42.3 Å². The van der Waals surface area contributed by atoms with E-state index in [1.165, 1.54) is 4.90 Å². The number of carbonyl (C=O) groups excluding carboxylic acids is 2. The first-order chi connectivity index (χ1) is 14.4. The SMILES string of the molecule is COc1cccc(N2C(=O)C(c3ccc(Cl)cc3Cl)=C(N3CCCC(C)C3)C2=O)c1. The van der Waals surface area contributed by atoms with Gasteiger partial charge in [-0.15, -0.1) is 0 Å². The van der Waals surface area contributed by atoms with Crippen molar-refractivity contribution in [1.29, 1.82) is 0 Å². The first-order valence-corrected chi connectivity index (χ1v) is 10.6. The third kappa shape index (κ3) is 3.68. The van der Waals surface area contributed by atoms with E-state index in [-0.39, 0.29) is 5.91 Å². The number of benzene rings is 2. The zero-order valence-corrected chi connectivity index (χ0v) is 18.3. The summed E-state index contributed by atoms with van der Waals surface area (Å²) < 4.78 is 5.28. The fourth-order valence-corrected chi connectivity index (χ4v) is 4.63. The summed E-state index contributed by atoms with van der Waals surface area (Å²) in [6.45, 7) is 3.59. The maximum Gasteiger partial charge on any atom is 0.282 e. The van der Waals surface area contributed by atoms with Gasteiger partial charge in [0.05, 0.1) is 23.4 Å². The van der Waals surface area contributed by atoms with E-state index in [0.717, 1.165) is 25.9 Å². The zero-order valence-electron chi connectivity index (χ0n) is 16.8. The molecule has 0 radical (unpaired) electrons. The van der Waals surface area contributed by atoms with Crippen LogP contribution in [0.15, 0.2) is 48.2 Å². The molecule has 0 spiro atoms. The van der Waals surface area contributed by atoms with Crippen molar-refractivity contribution >= 4 is 46.3 Å². The molecule has 1 fully saturated rings. The number of nitrogens with zero attached hydrogens (tertiary/aromatic N) is 2. The van der Waals surface area contributed by atoms with E-state index in [4.69, 9.17) is 27.9 Å². The molecule has 0 aromatic heterocycles. The molecular formula is C23H22Cl2N2O3. The lowest BCUT2D eigenvalue weighted by molar-refractivity contribution is -0.120. The molecule has 2 aliphatic heterocycles. The first-order valence-electron chi connectivity index (χ1n) is 9.88. The van der Waals surface area contributed by atoms with Crippen molar-refractivity contribution < 1.29 is 14.3 Å². The Morgan fingerprint density at radius 3 is 2.57 bits per heavy atom. The van der Waals surface area contributed by atoms with Crippen LogP contribution in [0, 0.1) is 5.92 Å². The van der Waals surface area contributed by atoms with Crippen LogP contribution in [0.4, 0.5) is 5.69 Å². The Morgan fingerprint density at radius 1 is 1.07 bits per heavy atom. The van der Waals surface area contributed by atoms with Gasteiger partial charge >= 0.3 is 0 Å². The molecule has 4 rings (SSSR count). The fourth-order valence-electron chi connectivity index (χ4n) is 4.12. The molecule has 2 aliphatic rings. The Morgan fingerprint density at radius 2 is 1.87 bits per heavy atom. The molecule has 0 saturated carbocycles. The van der Waals surface area contributed by atoms with Crippen LogP contribution < -0.4 is 9.64 Å². The summed E-state index contributed by atoms with van der Waals surface area (Å²) in [5.74, 6) is 0.259. The zero-order chi connectivity index (χ0) is 21.4. The number of halogens is 2. The van der Waals surface area contributed by atoms with Crippen LogP contribution in [-0.2, 0) is 9.59 Å². The highest BCUT2D eigenvalue weighted by atomic mass is 35.5. The number of carbonyl (C=O) groups is 2. The summed E-state index contributed by atoms with van der Waals surface area (Å²) in [6.07, 6.45) is 2.06. The number of piperidine rings is 1. The number of amides is 2. The van der Waals surface area contributed by atoms with E-state index in [2.05, 4.69) is 6.92 Å². The molecule has 156 valence electrons. The summed E-state index contributed by atoms with van der Waals surface area (Å²) in [5, 5.41) is 0.813. The Hall–Kier alpha value is -2.50. The first kappa shape index (κ1) is 20.8. The quantitative estimate of drug-likeness (QED) is 0.621. The predicted octanol–water partition coefficient (Wildman–Crippen LogP) is 5.02. The van der Waals surface area contributed by atoms with Gasteiger partial charge in [0, 0.05) is 29.7 Å². The molecule has 0 N–H and O–H groups in total. The lowest BCUT2D eigenvalue weighted by atomic mass is 9.97. The molecule has 7 heteroatoms. The second-order valence-electron chi connectivity index (χ2n) is 7.69. The van der Waals surface area contributed by atoms with E-state index in [9.17, 15) is 9.59 Å². The van der Waals surface area contributed by atoms with Gasteiger partial charge in [-0.3, -0.25) is 9.59 Å². The molecule has 2 aromatic rings. The molecule has 30 heavy (non-hydrogen) atoms.